The third-order valence-electron chi connectivity index (χ3n) is 8.93. The molecule has 0 aliphatic rings. The van der Waals surface area contributed by atoms with E-state index < -0.39 is 6.10 Å². The highest BCUT2D eigenvalue weighted by Gasteiger charge is 2.19. The van der Waals surface area contributed by atoms with E-state index >= 15 is 0 Å². The zero-order chi connectivity index (χ0) is 40.1. The molecule has 6 nitrogen and oxygen atoms in total. The lowest BCUT2D eigenvalue weighted by Gasteiger charge is -2.18. The first kappa shape index (κ1) is 51.6. The van der Waals surface area contributed by atoms with Crippen molar-refractivity contribution >= 4 is 17.9 Å². The van der Waals surface area contributed by atoms with Gasteiger partial charge >= 0.3 is 17.9 Å². The average Bonchev–Trinajstić information content (AvgIpc) is 3.18. The van der Waals surface area contributed by atoms with Gasteiger partial charge in [0.1, 0.15) is 13.2 Å². The van der Waals surface area contributed by atoms with Crippen LogP contribution in [0.5, 0.6) is 0 Å². The average molecular weight is 765 g/mol. The fourth-order valence-electron chi connectivity index (χ4n) is 5.61. The van der Waals surface area contributed by atoms with Crippen LogP contribution < -0.4 is 0 Å². The zero-order valence-electron chi connectivity index (χ0n) is 35.4. The zero-order valence-corrected chi connectivity index (χ0v) is 35.4. The highest BCUT2D eigenvalue weighted by molar-refractivity contribution is 5.71. The maximum absolute atomic E-state index is 12.7. The van der Waals surface area contributed by atoms with Crippen LogP contribution in [-0.2, 0) is 28.6 Å². The van der Waals surface area contributed by atoms with E-state index in [1.165, 1.54) is 38.5 Å². The maximum atomic E-state index is 12.7. The fourth-order valence-corrected chi connectivity index (χ4v) is 5.61. The van der Waals surface area contributed by atoms with Crippen LogP contribution in [0, 0.1) is 0 Å². The monoisotopic (exact) mass is 765 g/mol. The maximum Gasteiger partial charge on any atom is 0.306 e. The minimum atomic E-state index is -0.803. The second-order valence-corrected chi connectivity index (χ2v) is 14.2. The van der Waals surface area contributed by atoms with E-state index in [1.807, 2.05) is 0 Å². The molecule has 1 atom stereocenters. The summed E-state index contributed by atoms with van der Waals surface area (Å²) >= 11 is 0. The van der Waals surface area contributed by atoms with Crippen LogP contribution in [0.3, 0.4) is 0 Å². The molecule has 312 valence electrons. The van der Waals surface area contributed by atoms with Gasteiger partial charge in [-0.3, -0.25) is 14.4 Å². The standard InChI is InChI=1S/C49H80O6/c1-4-7-10-13-16-19-22-24-25-26-28-30-33-36-39-42-48(51)54-45-46(44-53-47(50)41-38-35-32-29-21-18-15-12-9-6-3)55-49(52)43-40-37-34-31-27-23-20-17-14-11-8-5-2/h7-8,10-11,13,15-20,22,27,31,46H,4-6,9,12,14,21,23-26,28-30,32-45H2,1-3H3/b10-7-,11-8-,16-13-,18-15-,20-17-,22-19-,31-27-. The molecule has 0 aromatic heterocycles. The molecule has 0 aromatic rings. The van der Waals surface area contributed by atoms with Gasteiger partial charge in [0.2, 0.25) is 0 Å². The molecule has 0 aliphatic heterocycles. The van der Waals surface area contributed by atoms with Crippen molar-refractivity contribution in [3.63, 3.8) is 0 Å². The molecule has 1 unspecified atom stereocenters. The molecule has 0 radical (unpaired) electrons. The normalized spacial score (nSPS) is 12.9. The van der Waals surface area contributed by atoms with Crippen LogP contribution in [-0.4, -0.2) is 37.2 Å². The third kappa shape index (κ3) is 41.6. The van der Waals surface area contributed by atoms with Crippen molar-refractivity contribution in [2.45, 2.75) is 194 Å². The summed E-state index contributed by atoms with van der Waals surface area (Å²) in [5.41, 5.74) is 0. The summed E-state index contributed by atoms with van der Waals surface area (Å²) in [6, 6.07) is 0. The Kier molecular flexibility index (Phi) is 40.6. The molecule has 0 heterocycles. The van der Waals surface area contributed by atoms with Crippen LogP contribution in [0.4, 0.5) is 0 Å². The predicted octanol–water partition coefficient (Wildman–Crippen LogP) is 14.1. The highest BCUT2D eigenvalue weighted by Crippen LogP contribution is 2.12. The van der Waals surface area contributed by atoms with Gasteiger partial charge in [0.25, 0.3) is 0 Å². The van der Waals surface area contributed by atoms with Crippen LogP contribution >= 0.6 is 0 Å². The highest BCUT2D eigenvalue weighted by atomic mass is 16.6. The Morgan fingerprint density at radius 3 is 1.36 bits per heavy atom. The summed E-state index contributed by atoms with van der Waals surface area (Å²) in [5, 5.41) is 0. The topological polar surface area (TPSA) is 78.9 Å². The molecule has 0 rings (SSSR count). The van der Waals surface area contributed by atoms with E-state index in [4.69, 9.17) is 14.2 Å². The largest absolute Gasteiger partial charge is 0.462 e. The van der Waals surface area contributed by atoms with Gasteiger partial charge in [-0.1, -0.05) is 164 Å². The van der Waals surface area contributed by atoms with Crippen molar-refractivity contribution in [3.8, 4) is 0 Å². The van der Waals surface area contributed by atoms with Gasteiger partial charge in [0.05, 0.1) is 0 Å². The van der Waals surface area contributed by atoms with Gasteiger partial charge in [-0.05, 0) is 89.9 Å². The number of ether oxygens (including phenoxy) is 3. The Morgan fingerprint density at radius 1 is 0.400 bits per heavy atom. The molecule has 0 N–H and O–H groups in total. The van der Waals surface area contributed by atoms with Gasteiger partial charge in [0.15, 0.2) is 6.10 Å². The number of allylic oxidation sites excluding steroid dienone is 14. The number of carbonyl (C=O) groups excluding carboxylic acids is 3. The first-order chi connectivity index (χ1) is 27.0. The molecular formula is C49H80O6. The quantitative estimate of drug-likeness (QED) is 0.0205. The first-order valence-electron chi connectivity index (χ1n) is 22.1. The van der Waals surface area contributed by atoms with E-state index in [2.05, 4.69) is 106 Å². The molecule has 0 saturated carbocycles. The lowest BCUT2D eigenvalue weighted by atomic mass is 10.1. The van der Waals surface area contributed by atoms with Gasteiger partial charge in [-0.15, -0.1) is 0 Å². The van der Waals surface area contributed by atoms with Crippen LogP contribution in [0.1, 0.15) is 188 Å². The van der Waals surface area contributed by atoms with Crippen molar-refractivity contribution in [1.82, 2.24) is 0 Å². The Hall–Kier alpha value is -3.41. The van der Waals surface area contributed by atoms with Crippen molar-refractivity contribution in [2.24, 2.45) is 0 Å². The summed E-state index contributed by atoms with van der Waals surface area (Å²) in [6.45, 7) is 6.26. The summed E-state index contributed by atoms with van der Waals surface area (Å²) in [4.78, 5) is 37.7. The lowest BCUT2D eigenvalue weighted by molar-refractivity contribution is -0.167. The van der Waals surface area contributed by atoms with E-state index in [1.54, 1.807) is 0 Å². The SMILES string of the molecule is CC\C=C/C=C\C=C/CCCCCCCCCC(=O)OCC(COC(=O)CCCCCC/C=C\CCCC)OC(=O)CCCC/C=C\C/C=C\C/C=C\CC. The third-order valence-corrected chi connectivity index (χ3v) is 8.93. The molecule has 6 heteroatoms. The minimum absolute atomic E-state index is 0.103. The molecular weight excluding hydrogens is 685 g/mol. The summed E-state index contributed by atoms with van der Waals surface area (Å²) in [5.74, 6) is -0.978. The van der Waals surface area contributed by atoms with E-state index in [0.29, 0.717) is 19.3 Å². The fraction of sp³-hybridized carbons (Fsp3) is 0.653. The summed E-state index contributed by atoms with van der Waals surface area (Å²) < 4.78 is 16.6. The molecule has 0 fully saturated rings. The molecule has 0 spiro atoms. The van der Waals surface area contributed by atoms with E-state index in [-0.39, 0.29) is 37.5 Å². The smallest absolute Gasteiger partial charge is 0.306 e. The van der Waals surface area contributed by atoms with Crippen molar-refractivity contribution < 1.29 is 28.6 Å². The Bertz CT molecular complexity index is 1110. The number of hydrogen-bond donors (Lipinski definition) is 0. The molecule has 0 amide bonds. The molecule has 0 bridgehead atoms. The molecule has 55 heavy (non-hydrogen) atoms. The number of esters is 3. The lowest BCUT2D eigenvalue weighted by Crippen LogP contribution is -2.30. The second-order valence-electron chi connectivity index (χ2n) is 14.2. The Morgan fingerprint density at radius 2 is 0.800 bits per heavy atom. The number of rotatable bonds is 38. The number of hydrogen-bond acceptors (Lipinski definition) is 6. The molecule has 0 saturated heterocycles. The van der Waals surface area contributed by atoms with Crippen LogP contribution in [0.2, 0.25) is 0 Å². The minimum Gasteiger partial charge on any atom is -0.462 e. The number of unbranched alkanes of at least 4 members (excludes halogenated alkanes) is 15. The van der Waals surface area contributed by atoms with Gasteiger partial charge in [0, 0.05) is 19.3 Å². The molecule has 0 aromatic carbocycles. The van der Waals surface area contributed by atoms with E-state index in [0.717, 1.165) is 103 Å². The van der Waals surface area contributed by atoms with Crippen molar-refractivity contribution in [1.29, 1.82) is 0 Å². The molecule has 0 aliphatic carbocycles. The predicted molar refractivity (Wildman–Crippen MR) is 233 cm³/mol. The second kappa shape index (κ2) is 43.3. The van der Waals surface area contributed by atoms with Crippen molar-refractivity contribution in [3.05, 3.63) is 85.1 Å². The van der Waals surface area contributed by atoms with Crippen LogP contribution in [0.25, 0.3) is 0 Å². The number of carbonyl (C=O) groups is 3. The van der Waals surface area contributed by atoms with Gasteiger partial charge in [-0.2, -0.15) is 0 Å². The first-order valence-corrected chi connectivity index (χ1v) is 22.1. The van der Waals surface area contributed by atoms with Gasteiger partial charge < -0.3 is 14.2 Å². The van der Waals surface area contributed by atoms with E-state index in [9.17, 15) is 14.4 Å². The Balaban J connectivity index is 4.46. The summed E-state index contributed by atoms with van der Waals surface area (Å²) in [6.07, 6.45) is 54.3. The summed E-state index contributed by atoms with van der Waals surface area (Å²) in [7, 11) is 0. The Labute approximate surface area is 337 Å². The van der Waals surface area contributed by atoms with Crippen molar-refractivity contribution in [2.75, 3.05) is 13.2 Å². The van der Waals surface area contributed by atoms with Gasteiger partial charge in [-0.25, -0.2) is 0 Å². The van der Waals surface area contributed by atoms with Crippen LogP contribution in [0.15, 0.2) is 85.1 Å².